The van der Waals surface area contributed by atoms with Gasteiger partial charge >= 0.3 is 0 Å². The van der Waals surface area contributed by atoms with Crippen LogP contribution in [0.15, 0.2) is 18.2 Å². The van der Waals surface area contributed by atoms with E-state index in [0.717, 1.165) is 31.7 Å². The highest BCUT2D eigenvalue weighted by atomic mass is 16.5. The van der Waals surface area contributed by atoms with E-state index in [0.29, 0.717) is 31.1 Å². The first-order valence-corrected chi connectivity index (χ1v) is 8.31. The van der Waals surface area contributed by atoms with Gasteiger partial charge in [-0.05, 0) is 38.1 Å². The summed E-state index contributed by atoms with van der Waals surface area (Å²) in [6.07, 6.45) is 1.86. The molecule has 0 aliphatic heterocycles. The predicted molar refractivity (Wildman–Crippen MR) is 90.1 cm³/mol. The SMILES string of the molecule is CCCOc1ccc(C(=O)CN(CC)CC)c(OCCC)c1. The normalized spacial score (nSPS) is 10.8. The van der Waals surface area contributed by atoms with E-state index in [4.69, 9.17) is 9.47 Å². The maximum absolute atomic E-state index is 12.5. The number of ether oxygens (including phenoxy) is 2. The van der Waals surface area contributed by atoms with Gasteiger partial charge in [0.1, 0.15) is 11.5 Å². The third kappa shape index (κ3) is 5.68. The molecule has 22 heavy (non-hydrogen) atoms. The van der Waals surface area contributed by atoms with Crippen molar-refractivity contribution in [3.63, 3.8) is 0 Å². The van der Waals surface area contributed by atoms with Crippen LogP contribution in [0.25, 0.3) is 0 Å². The largest absolute Gasteiger partial charge is 0.493 e. The average Bonchev–Trinajstić information content (AvgIpc) is 2.55. The van der Waals surface area contributed by atoms with Crippen LogP contribution in [-0.4, -0.2) is 43.5 Å². The van der Waals surface area contributed by atoms with E-state index >= 15 is 0 Å². The number of Topliss-reactive ketones (excluding diaryl/α,β-unsaturated/α-hetero) is 1. The average molecular weight is 307 g/mol. The fourth-order valence-electron chi connectivity index (χ4n) is 2.11. The van der Waals surface area contributed by atoms with Gasteiger partial charge in [0.05, 0.1) is 25.3 Å². The van der Waals surface area contributed by atoms with Crippen molar-refractivity contribution in [1.29, 1.82) is 0 Å². The lowest BCUT2D eigenvalue weighted by Gasteiger charge is -2.18. The van der Waals surface area contributed by atoms with Gasteiger partial charge in [-0.15, -0.1) is 0 Å². The van der Waals surface area contributed by atoms with Crippen LogP contribution in [0.4, 0.5) is 0 Å². The monoisotopic (exact) mass is 307 g/mol. The van der Waals surface area contributed by atoms with Crippen molar-refractivity contribution in [3.05, 3.63) is 23.8 Å². The molecule has 124 valence electrons. The number of hydrogen-bond donors (Lipinski definition) is 0. The summed E-state index contributed by atoms with van der Waals surface area (Å²) in [6.45, 7) is 11.7. The summed E-state index contributed by atoms with van der Waals surface area (Å²) >= 11 is 0. The smallest absolute Gasteiger partial charge is 0.180 e. The predicted octanol–water partition coefficient (Wildman–Crippen LogP) is 3.79. The number of ketones is 1. The van der Waals surface area contributed by atoms with Gasteiger partial charge in [0.15, 0.2) is 5.78 Å². The van der Waals surface area contributed by atoms with E-state index in [1.807, 2.05) is 18.2 Å². The third-order valence-electron chi connectivity index (χ3n) is 3.45. The Kier molecular flexibility index (Phi) is 8.60. The van der Waals surface area contributed by atoms with Gasteiger partial charge in [-0.2, -0.15) is 0 Å². The number of nitrogens with zero attached hydrogens (tertiary/aromatic N) is 1. The highest BCUT2D eigenvalue weighted by Crippen LogP contribution is 2.26. The molecular weight excluding hydrogens is 278 g/mol. The van der Waals surface area contributed by atoms with Gasteiger partial charge in [0.25, 0.3) is 0 Å². The van der Waals surface area contributed by atoms with Crippen molar-refractivity contribution in [2.75, 3.05) is 32.8 Å². The molecule has 0 aromatic heterocycles. The zero-order chi connectivity index (χ0) is 16.4. The zero-order valence-corrected chi connectivity index (χ0v) is 14.4. The number of benzene rings is 1. The van der Waals surface area contributed by atoms with Crippen molar-refractivity contribution < 1.29 is 14.3 Å². The van der Waals surface area contributed by atoms with E-state index in [2.05, 4.69) is 32.6 Å². The molecule has 1 aromatic rings. The molecule has 0 saturated heterocycles. The highest BCUT2D eigenvalue weighted by molar-refractivity contribution is 6.00. The molecule has 0 radical (unpaired) electrons. The molecule has 4 heteroatoms. The van der Waals surface area contributed by atoms with Gasteiger partial charge in [-0.3, -0.25) is 9.69 Å². The third-order valence-corrected chi connectivity index (χ3v) is 3.45. The highest BCUT2D eigenvalue weighted by Gasteiger charge is 2.16. The van der Waals surface area contributed by atoms with Gasteiger partial charge in [-0.1, -0.05) is 27.7 Å². The Morgan fingerprint density at radius 1 is 1.00 bits per heavy atom. The van der Waals surface area contributed by atoms with Gasteiger partial charge in [0.2, 0.25) is 0 Å². The number of likely N-dealkylation sites (N-methyl/N-ethyl adjacent to an activating group) is 1. The van der Waals surface area contributed by atoms with E-state index in [9.17, 15) is 4.79 Å². The molecule has 0 atom stereocenters. The Morgan fingerprint density at radius 3 is 2.23 bits per heavy atom. The summed E-state index contributed by atoms with van der Waals surface area (Å²) in [5.41, 5.74) is 0.643. The van der Waals surface area contributed by atoms with E-state index in [-0.39, 0.29) is 5.78 Å². The molecule has 1 rings (SSSR count). The molecule has 1 aromatic carbocycles. The molecule has 0 bridgehead atoms. The fourth-order valence-corrected chi connectivity index (χ4v) is 2.11. The molecular formula is C18H29NO3. The van der Waals surface area contributed by atoms with Gasteiger partial charge in [0, 0.05) is 6.07 Å². The Morgan fingerprint density at radius 2 is 1.64 bits per heavy atom. The van der Waals surface area contributed by atoms with Crippen LogP contribution in [0.2, 0.25) is 0 Å². The van der Waals surface area contributed by atoms with Crippen LogP contribution in [0.1, 0.15) is 50.9 Å². The maximum Gasteiger partial charge on any atom is 0.180 e. The second-order valence-corrected chi connectivity index (χ2v) is 5.24. The first-order chi connectivity index (χ1) is 10.7. The Bertz CT molecular complexity index is 456. The molecule has 0 aliphatic carbocycles. The molecule has 0 spiro atoms. The van der Waals surface area contributed by atoms with Crippen LogP contribution in [-0.2, 0) is 0 Å². The zero-order valence-electron chi connectivity index (χ0n) is 14.4. The van der Waals surface area contributed by atoms with Gasteiger partial charge < -0.3 is 9.47 Å². The second kappa shape index (κ2) is 10.2. The molecule has 0 unspecified atom stereocenters. The van der Waals surface area contributed by atoms with Crippen LogP contribution in [0.3, 0.4) is 0 Å². The number of hydrogen-bond acceptors (Lipinski definition) is 4. The minimum Gasteiger partial charge on any atom is -0.493 e. The topological polar surface area (TPSA) is 38.8 Å². The lowest BCUT2D eigenvalue weighted by molar-refractivity contribution is 0.0933. The standard InChI is InChI=1S/C18H29NO3/c1-5-11-21-15-9-10-16(18(13-15)22-12-6-2)17(20)14-19(7-3)8-4/h9-10,13H,5-8,11-12,14H2,1-4H3. The maximum atomic E-state index is 12.5. The van der Waals surface area contributed by atoms with Crippen molar-refractivity contribution in [2.24, 2.45) is 0 Å². The van der Waals surface area contributed by atoms with E-state index < -0.39 is 0 Å². The van der Waals surface area contributed by atoms with Crippen molar-refractivity contribution >= 4 is 5.78 Å². The fraction of sp³-hybridized carbons (Fsp3) is 0.611. The van der Waals surface area contributed by atoms with Crippen LogP contribution < -0.4 is 9.47 Å². The molecule has 0 N–H and O–H groups in total. The van der Waals surface area contributed by atoms with Crippen LogP contribution in [0.5, 0.6) is 11.5 Å². The lowest BCUT2D eigenvalue weighted by atomic mass is 10.1. The molecule has 0 saturated carbocycles. The first-order valence-electron chi connectivity index (χ1n) is 8.31. The Labute approximate surface area is 134 Å². The van der Waals surface area contributed by atoms with Crippen molar-refractivity contribution in [3.8, 4) is 11.5 Å². The van der Waals surface area contributed by atoms with Crippen LogP contribution in [0, 0.1) is 0 Å². The number of carbonyl (C=O) groups excluding carboxylic acids is 1. The minimum atomic E-state index is 0.0943. The minimum absolute atomic E-state index is 0.0943. The first kappa shape index (κ1) is 18.5. The summed E-state index contributed by atoms with van der Waals surface area (Å²) in [6, 6.07) is 5.51. The number of carbonyl (C=O) groups is 1. The summed E-state index contributed by atoms with van der Waals surface area (Å²) in [5, 5.41) is 0. The van der Waals surface area contributed by atoms with Crippen molar-refractivity contribution in [1.82, 2.24) is 4.90 Å². The summed E-state index contributed by atoms with van der Waals surface area (Å²) in [5.74, 6) is 1.48. The Hall–Kier alpha value is -1.55. The molecule has 4 nitrogen and oxygen atoms in total. The Balaban J connectivity index is 2.92. The molecule has 0 fully saturated rings. The summed E-state index contributed by atoms with van der Waals surface area (Å²) in [4.78, 5) is 14.6. The molecule has 0 aliphatic rings. The molecule has 0 heterocycles. The second-order valence-electron chi connectivity index (χ2n) is 5.24. The lowest BCUT2D eigenvalue weighted by Crippen LogP contribution is -2.29. The van der Waals surface area contributed by atoms with Crippen molar-refractivity contribution in [2.45, 2.75) is 40.5 Å². The summed E-state index contributed by atoms with van der Waals surface area (Å²) < 4.78 is 11.4. The molecule has 0 amide bonds. The quantitative estimate of drug-likeness (QED) is 0.583. The van der Waals surface area contributed by atoms with Crippen LogP contribution >= 0.6 is 0 Å². The summed E-state index contributed by atoms with van der Waals surface area (Å²) in [7, 11) is 0. The van der Waals surface area contributed by atoms with E-state index in [1.165, 1.54) is 0 Å². The van der Waals surface area contributed by atoms with E-state index in [1.54, 1.807) is 0 Å². The number of rotatable bonds is 11. The van der Waals surface area contributed by atoms with Gasteiger partial charge in [-0.25, -0.2) is 0 Å².